The van der Waals surface area contributed by atoms with Crippen molar-refractivity contribution in [3.05, 3.63) is 0 Å². The molecule has 2 atom stereocenters. The first-order valence-electron chi connectivity index (χ1n) is 8.95. The van der Waals surface area contributed by atoms with Crippen molar-refractivity contribution in [3.63, 3.8) is 0 Å². The summed E-state index contributed by atoms with van der Waals surface area (Å²) in [7, 11) is 0. The number of rotatable bonds is 9. The van der Waals surface area contributed by atoms with Gasteiger partial charge in [-0.1, -0.05) is 19.3 Å². The highest BCUT2D eigenvalue weighted by atomic mass is 16.7. The first-order valence-corrected chi connectivity index (χ1v) is 8.95. The SMILES string of the molecule is CCOC(=O)OC(C)N(N)/C(COCC(C)NC1CCCCC1)=N\N. The third-order valence-corrected chi connectivity index (χ3v) is 4.09. The van der Waals surface area contributed by atoms with Crippen molar-refractivity contribution in [2.24, 2.45) is 16.8 Å². The van der Waals surface area contributed by atoms with Crippen LogP contribution in [0.1, 0.15) is 52.9 Å². The van der Waals surface area contributed by atoms with Crippen molar-refractivity contribution in [3.8, 4) is 0 Å². The average molecular weight is 359 g/mol. The lowest BCUT2D eigenvalue weighted by atomic mass is 9.95. The van der Waals surface area contributed by atoms with Gasteiger partial charge >= 0.3 is 6.16 Å². The number of nitrogens with zero attached hydrogens (tertiary/aromatic N) is 2. The number of nitrogens with one attached hydrogen (secondary N) is 1. The van der Waals surface area contributed by atoms with Crippen molar-refractivity contribution in [2.75, 3.05) is 19.8 Å². The molecule has 0 bridgehead atoms. The molecule has 0 aromatic rings. The molecule has 1 fully saturated rings. The molecule has 0 aromatic carbocycles. The Morgan fingerprint density at radius 3 is 2.60 bits per heavy atom. The zero-order valence-electron chi connectivity index (χ0n) is 15.6. The van der Waals surface area contributed by atoms with Crippen LogP contribution in [0.3, 0.4) is 0 Å². The topological polar surface area (TPSA) is 124 Å². The van der Waals surface area contributed by atoms with E-state index in [0.29, 0.717) is 12.6 Å². The number of hydrogen-bond donors (Lipinski definition) is 3. The minimum Gasteiger partial charge on any atom is -0.435 e. The summed E-state index contributed by atoms with van der Waals surface area (Å²) in [6.07, 6.45) is 4.78. The Kier molecular flexibility index (Phi) is 10.2. The summed E-state index contributed by atoms with van der Waals surface area (Å²) in [5.41, 5.74) is 0. The van der Waals surface area contributed by atoms with E-state index in [1.807, 2.05) is 0 Å². The zero-order chi connectivity index (χ0) is 18.7. The van der Waals surface area contributed by atoms with E-state index in [0.717, 1.165) is 5.01 Å². The summed E-state index contributed by atoms with van der Waals surface area (Å²) in [6, 6.07) is 0.792. The maximum absolute atomic E-state index is 11.3. The van der Waals surface area contributed by atoms with E-state index < -0.39 is 12.4 Å². The molecule has 0 heterocycles. The number of amidine groups is 1. The largest absolute Gasteiger partial charge is 0.510 e. The van der Waals surface area contributed by atoms with Crippen LogP contribution in [0.4, 0.5) is 4.79 Å². The van der Waals surface area contributed by atoms with E-state index in [9.17, 15) is 4.79 Å². The molecule has 0 spiro atoms. The van der Waals surface area contributed by atoms with Gasteiger partial charge in [-0.15, -0.1) is 0 Å². The van der Waals surface area contributed by atoms with Gasteiger partial charge in [0.2, 0.25) is 0 Å². The Bertz CT molecular complexity index is 415. The van der Waals surface area contributed by atoms with Crippen LogP contribution in [0, 0.1) is 0 Å². The number of hydrogen-bond acceptors (Lipinski definition) is 8. The monoisotopic (exact) mass is 359 g/mol. The minimum absolute atomic E-state index is 0.125. The van der Waals surface area contributed by atoms with Gasteiger partial charge in [0.1, 0.15) is 6.61 Å². The molecule has 1 saturated carbocycles. The summed E-state index contributed by atoms with van der Waals surface area (Å²) in [4.78, 5) is 11.3. The van der Waals surface area contributed by atoms with E-state index in [-0.39, 0.29) is 25.1 Å². The molecule has 0 amide bonds. The molecule has 9 heteroatoms. The predicted molar refractivity (Wildman–Crippen MR) is 95.5 cm³/mol. The van der Waals surface area contributed by atoms with E-state index in [1.165, 1.54) is 32.1 Å². The minimum atomic E-state index is -0.798. The van der Waals surface area contributed by atoms with Crippen molar-refractivity contribution < 1.29 is 19.0 Å². The molecule has 146 valence electrons. The summed E-state index contributed by atoms with van der Waals surface area (Å²) in [6.45, 7) is 6.23. The molecule has 9 nitrogen and oxygen atoms in total. The van der Waals surface area contributed by atoms with Crippen LogP contribution in [-0.2, 0) is 14.2 Å². The second kappa shape index (κ2) is 11.9. The third kappa shape index (κ3) is 8.37. The molecule has 5 N–H and O–H groups in total. The van der Waals surface area contributed by atoms with Crippen LogP contribution < -0.4 is 17.0 Å². The number of ether oxygens (including phenoxy) is 3. The summed E-state index contributed by atoms with van der Waals surface area (Å²) >= 11 is 0. The lowest BCUT2D eigenvalue weighted by Gasteiger charge is -2.28. The van der Waals surface area contributed by atoms with Gasteiger partial charge in [-0.25, -0.2) is 10.6 Å². The molecule has 0 saturated heterocycles. The van der Waals surface area contributed by atoms with Gasteiger partial charge in [-0.2, -0.15) is 5.10 Å². The van der Waals surface area contributed by atoms with Crippen LogP contribution in [0.2, 0.25) is 0 Å². The molecule has 0 radical (unpaired) electrons. The Balaban J connectivity index is 2.31. The van der Waals surface area contributed by atoms with Gasteiger partial charge in [0.25, 0.3) is 0 Å². The summed E-state index contributed by atoms with van der Waals surface area (Å²) in [5, 5.41) is 8.34. The number of nitrogens with two attached hydrogens (primary N) is 2. The molecule has 0 aromatic heterocycles. The molecule has 2 unspecified atom stereocenters. The molecule has 1 rings (SSSR count). The Morgan fingerprint density at radius 1 is 1.32 bits per heavy atom. The Hall–Kier alpha value is -1.58. The summed E-state index contributed by atoms with van der Waals surface area (Å²) in [5.74, 6) is 11.5. The second-order valence-corrected chi connectivity index (χ2v) is 6.27. The fourth-order valence-corrected chi connectivity index (χ4v) is 2.78. The number of hydrazine groups is 1. The fourth-order valence-electron chi connectivity index (χ4n) is 2.78. The number of carbonyl (C=O) groups excluding carboxylic acids is 1. The molecule has 25 heavy (non-hydrogen) atoms. The quantitative estimate of drug-likeness (QED) is 0.140. The van der Waals surface area contributed by atoms with Crippen LogP contribution in [0.25, 0.3) is 0 Å². The Morgan fingerprint density at radius 2 is 2.00 bits per heavy atom. The Labute approximate surface area is 150 Å². The smallest absolute Gasteiger partial charge is 0.435 e. The van der Waals surface area contributed by atoms with Gasteiger partial charge in [0.15, 0.2) is 12.1 Å². The second-order valence-electron chi connectivity index (χ2n) is 6.27. The standard InChI is InChI=1S/C16H33N5O4/c1-4-24-16(22)25-13(3)21(18)15(20-17)11-23-10-12(2)19-14-8-6-5-7-9-14/h12-14,19H,4-11,17-18H2,1-3H3/b20-15-. The first kappa shape index (κ1) is 21.5. The highest BCUT2D eigenvalue weighted by Crippen LogP contribution is 2.17. The number of hydrazone groups is 1. The van der Waals surface area contributed by atoms with Gasteiger partial charge in [-0.3, -0.25) is 5.01 Å². The average Bonchev–Trinajstić information content (AvgIpc) is 2.59. The van der Waals surface area contributed by atoms with E-state index >= 15 is 0 Å². The highest BCUT2D eigenvalue weighted by Gasteiger charge is 2.20. The first-order chi connectivity index (χ1) is 12.0. The van der Waals surface area contributed by atoms with E-state index in [4.69, 9.17) is 25.9 Å². The van der Waals surface area contributed by atoms with Crippen molar-refractivity contribution in [1.29, 1.82) is 0 Å². The maximum Gasteiger partial charge on any atom is 0.510 e. The number of carbonyl (C=O) groups is 1. The van der Waals surface area contributed by atoms with E-state index in [2.05, 4.69) is 17.3 Å². The van der Waals surface area contributed by atoms with Crippen LogP contribution in [-0.4, -0.2) is 55.1 Å². The fraction of sp³-hybridized carbons (Fsp3) is 0.875. The van der Waals surface area contributed by atoms with Crippen molar-refractivity contribution in [1.82, 2.24) is 10.3 Å². The molecule has 1 aliphatic rings. The van der Waals surface area contributed by atoms with Crippen LogP contribution in [0.5, 0.6) is 0 Å². The van der Waals surface area contributed by atoms with Crippen molar-refractivity contribution >= 4 is 12.0 Å². The molecular formula is C16H33N5O4. The van der Waals surface area contributed by atoms with Gasteiger partial charge < -0.3 is 25.4 Å². The predicted octanol–water partition coefficient (Wildman–Crippen LogP) is 1.28. The molecule has 0 aliphatic heterocycles. The zero-order valence-corrected chi connectivity index (χ0v) is 15.6. The normalized spacial score (nSPS) is 18.5. The lowest BCUT2D eigenvalue weighted by molar-refractivity contribution is -0.0150. The van der Waals surface area contributed by atoms with Gasteiger partial charge in [-0.05, 0) is 33.6 Å². The molecular weight excluding hydrogens is 326 g/mol. The highest BCUT2D eigenvalue weighted by molar-refractivity contribution is 5.83. The van der Waals surface area contributed by atoms with Crippen LogP contribution in [0.15, 0.2) is 5.10 Å². The molecule has 1 aliphatic carbocycles. The lowest BCUT2D eigenvalue weighted by Crippen LogP contribution is -2.49. The third-order valence-electron chi connectivity index (χ3n) is 4.09. The van der Waals surface area contributed by atoms with Crippen LogP contribution >= 0.6 is 0 Å². The van der Waals surface area contributed by atoms with Crippen molar-refractivity contribution in [2.45, 2.75) is 71.2 Å². The summed E-state index contributed by atoms with van der Waals surface area (Å²) < 4.78 is 15.4. The van der Waals surface area contributed by atoms with Gasteiger partial charge in [0.05, 0.1) is 13.2 Å². The van der Waals surface area contributed by atoms with E-state index in [1.54, 1.807) is 13.8 Å². The van der Waals surface area contributed by atoms with Gasteiger partial charge in [0, 0.05) is 12.1 Å². The maximum atomic E-state index is 11.3.